The molecule has 1 heterocycles. The summed E-state index contributed by atoms with van der Waals surface area (Å²) in [6.07, 6.45) is 1.44. The Bertz CT molecular complexity index is 1410. The molecule has 11 heteroatoms. The van der Waals surface area contributed by atoms with Crippen LogP contribution >= 0.6 is 23.2 Å². The van der Waals surface area contributed by atoms with Crippen LogP contribution in [0.2, 0.25) is 10.0 Å². The van der Waals surface area contributed by atoms with Crippen LogP contribution in [0.5, 0.6) is 17.2 Å². The van der Waals surface area contributed by atoms with Gasteiger partial charge in [0, 0.05) is 23.4 Å². The first kappa shape index (κ1) is 24.1. The molecule has 0 radical (unpaired) electrons. The van der Waals surface area contributed by atoms with Crippen LogP contribution in [-0.4, -0.2) is 20.6 Å². The van der Waals surface area contributed by atoms with Gasteiger partial charge in [0.2, 0.25) is 0 Å². The molecular weight excluding hydrogens is 495 g/mol. The molecule has 0 fully saturated rings. The molecule has 3 aromatic carbocycles. The number of halogens is 2. The van der Waals surface area contributed by atoms with Gasteiger partial charge in [0.25, 0.3) is 11.6 Å². The number of hydrogen-bond donors (Lipinski definition) is 1. The third kappa shape index (κ3) is 5.89. The van der Waals surface area contributed by atoms with Crippen molar-refractivity contribution in [2.24, 2.45) is 0 Å². The molecule has 0 aliphatic heterocycles. The maximum absolute atomic E-state index is 12.9. The highest BCUT2D eigenvalue weighted by atomic mass is 35.5. The van der Waals surface area contributed by atoms with Gasteiger partial charge in [0.15, 0.2) is 6.73 Å². The number of carbonyl (C=O) groups excluding carboxylic acids is 1. The predicted molar refractivity (Wildman–Crippen MR) is 132 cm³/mol. The van der Waals surface area contributed by atoms with Crippen LogP contribution in [0.3, 0.4) is 0 Å². The Hall–Kier alpha value is -4.08. The summed E-state index contributed by atoms with van der Waals surface area (Å²) < 4.78 is 12.8. The monoisotopic (exact) mass is 512 g/mol. The van der Waals surface area contributed by atoms with Crippen LogP contribution in [0.25, 0.3) is 0 Å². The molecule has 0 bridgehead atoms. The zero-order valence-electron chi connectivity index (χ0n) is 18.3. The Labute approximate surface area is 210 Å². The largest absolute Gasteiger partial charge is 0.470 e. The van der Waals surface area contributed by atoms with E-state index in [1.54, 1.807) is 42.5 Å². The van der Waals surface area contributed by atoms with Gasteiger partial charge in [0.05, 0.1) is 21.7 Å². The molecule has 0 spiro atoms. The normalized spacial score (nSPS) is 10.6. The van der Waals surface area contributed by atoms with Crippen molar-refractivity contribution < 1.29 is 19.2 Å². The van der Waals surface area contributed by atoms with E-state index < -0.39 is 10.8 Å². The average Bonchev–Trinajstić information content (AvgIpc) is 3.30. The fraction of sp³-hybridized carbons (Fsp3) is 0.0833. The number of nitrogens with one attached hydrogen (secondary N) is 1. The number of carbonyl (C=O) groups is 1. The van der Waals surface area contributed by atoms with Gasteiger partial charge in [0.1, 0.15) is 22.9 Å². The lowest BCUT2D eigenvalue weighted by molar-refractivity contribution is -0.384. The second kappa shape index (κ2) is 10.5. The minimum Gasteiger partial charge on any atom is -0.470 e. The van der Waals surface area contributed by atoms with Crippen LogP contribution in [-0.2, 0) is 6.73 Å². The standard InChI is InChI=1S/C24H18Cl2N4O5/c1-15-10-18(6-7-20(15)25)35-19-12-16(11-17(13-19)30(32)33)28-24(31)22-8-9-27-29(22)14-34-23-5-3-2-4-21(23)26/h2-13H,14H2,1H3,(H,28,31). The molecule has 0 aliphatic carbocycles. The van der Waals surface area contributed by atoms with Gasteiger partial charge in [-0.1, -0.05) is 35.3 Å². The van der Waals surface area contributed by atoms with E-state index in [2.05, 4.69) is 10.4 Å². The van der Waals surface area contributed by atoms with E-state index in [1.807, 2.05) is 6.92 Å². The fourth-order valence-corrected chi connectivity index (χ4v) is 3.46. The summed E-state index contributed by atoms with van der Waals surface area (Å²) >= 11 is 12.1. The van der Waals surface area contributed by atoms with E-state index in [-0.39, 0.29) is 29.5 Å². The molecule has 0 atom stereocenters. The number of hydrogen-bond acceptors (Lipinski definition) is 6. The Morgan fingerprint density at radius 3 is 2.60 bits per heavy atom. The van der Waals surface area contributed by atoms with Gasteiger partial charge in [-0.2, -0.15) is 5.10 Å². The second-order valence-corrected chi connectivity index (χ2v) is 8.17. The summed E-state index contributed by atoms with van der Waals surface area (Å²) in [4.78, 5) is 23.8. The van der Waals surface area contributed by atoms with Gasteiger partial charge in [-0.15, -0.1) is 0 Å². The topological polar surface area (TPSA) is 109 Å². The first-order valence-corrected chi connectivity index (χ1v) is 11.0. The van der Waals surface area contributed by atoms with Gasteiger partial charge >= 0.3 is 0 Å². The minimum atomic E-state index is -0.572. The Balaban J connectivity index is 1.53. The summed E-state index contributed by atoms with van der Waals surface area (Å²) in [6, 6.07) is 17.4. The fourth-order valence-electron chi connectivity index (χ4n) is 3.15. The second-order valence-electron chi connectivity index (χ2n) is 7.36. The van der Waals surface area contributed by atoms with Crippen molar-refractivity contribution in [3.63, 3.8) is 0 Å². The molecule has 1 amide bonds. The smallest absolute Gasteiger partial charge is 0.275 e. The van der Waals surface area contributed by atoms with Gasteiger partial charge < -0.3 is 14.8 Å². The van der Waals surface area contributed by atoms with Crippen molar-refractivity contribution in [2.45, 2.75) is 13.7 Å². The lowest BCUT2D eigenvalue weighted by atomic mass is 10.2. The molecule has 0 saturated carbocycles. The number of nitro groups is 1. The third-order valence-corrected chi connectivity index (χ3v) is 5.59. The predicted octanol–water partition coefficient (Wildman–Crippen LogP) is 6.49. The van der Waals surface area contributed by atoms with Gasteiger partial charge in [-0.3, -0.25) is 14.9 Å². The van der Waals surface area contributed by atoms with E-state index in [0.717, 1.165) is 5.56 Å². The summed E-state index contributed by atoms with van der Waals surface area (Å²) in [5.41, 5.74) is 0.887. The third-order valence-electron chi connectivity index (χ3n) is 4.85. The molecule has 1 aromatic heterocycles. The summed E-state index contributed by atoms with van der Waals surface area (Å²) in [5.74, 6) is 0.513. The van der Waals surface area contributed by atoms with Crippen molar-refractivity contribution >= 4 is 40.5 Å². The number of nitrogens with zero attached hydrogens (tertiary/aromatic N) is 3. The number of anilines is 1. The highest BCUT2D eigenvalue weighted by Crippen LogP contribution is 2.31. The molecule has 0 saturated heterocycles. The first-order chi connectivity index (χ1) is 16.8. The molecule has 0 aliphatic rings. The van der Waals surface area contributed by atoms with E-state index in [1.165, 1.54) is 35.1 Å². The van der Waals surface area contributed by atoms with Crippen molar-refractivity contribution in [3.05, 3.63) is 104 Å². The molecule has 35 heavy (non-hydrogen) atoms. The number of nitro benzene ring substituents is 1. The zero-order chi connectivity index (χ0) is 24.9. The lowest BCUT2D eigenvalue weighted by Crippen LogP contribution is -2.19. The Morgan fingerprint density at radius 2 is 1.86 bits per heavy atom. The number of aromatic nitrogens is 2. The molecule has 4 aromatic rings. The Kier molecular flexibility index (Phi) is 7.19. The molecular formula is C24H18Cl2N4O5. The van der Waals surface area contributed by atoms with Crippen LogP contribution < -0.4 is 14.8 Å². The number of rotatable bonds is 8. The number of ether oxygens (including phenoxy) is 2. The molecule has 178 valence electrons. The summed E-state index contributed by atoms with van der Waals surface area (Å²) in [5, 5.41) is 19.2. The van der Waals surface area contributed by atoms with Crippen LogP contribution in [0.4, 0.5) is 11.4 Å². The summed E-state index contributed by atoms with van der Waals surface area (Å²) in [7, 11) is 0. The number of non-ortho nitro benzene ring substituents is 1. The molecule has 0 unspecified atom stereocenters. The number of aryl methyl sites for hydroxylation is 1. The van der Waals surface area contributed by atoms with Crippen molar-refractivity contribution in [3.8, 4) is 17.2 Å². The zero-order valence-corrected chi connectivity index (χ0v) is 19.8. The van der Waals surface area contributed by atoms with Gasteiger partial charge in [-0.25, -0.2) is 4.68 Å². The minimum absolute atomic E-state index is 0.0707. The van der Waals surface area contributed by atoms with E-state index >= 15 is 0 Å². The van der Waals surface area contributed by atoms with Crippen molar-refractivity contribution in [1.29, 1.82) is 0 Å². The van der Waals surface area contributed by atoms with Gasteiger partial charge in [-0.05, 0) is 48.9 Å². The van der Waals surface area contributed by atoms with Crippen molar-refractivity contribution in [2.75, 3.05) is 5.32 Å². The number of amides is 1. The maximum atomic E-state index is 12.9. The van der Waals surface area contributed by atoms with Crippen LogP contribution in [0.15, 0.2) is 72.9 Å². The van der Waals surface area contributed by atoms with Crippen molar-refractivity contribution in [1.82, 2.24) is 9.78 Å². The Morgan fingerprint density at radius 1 is 1.06 bits per heavy atom. The summed E-state index contributed by atoms with van der Waals surface area (Å²) in [6.45, 7) is 1.74. The van der Waals surface area contributed by atoms with Crippen LogP contribution in [0.1, 0.15) is 16.1 Å². The average molecular weight is 513 g/mol. The number of para-hydroxylation sites is 1. The van der Waals surface area contributed by atoms with E-state index in [9.17, 15) is 14.9 Å². The highest BCUT2D eigenvalue weighted by Gasteiger charge is 2.17. The highest BCUT2D eigenvalue weighted by molar-refractivity contribution is 6.32. The number of benzene rings is 3. The van der Waals surface area contributed by atoms with E-state index in [4.69, 9.17) is 32.7 Å². The molecule has 1 N–H and O–H groups in total. The lowest BCUT2D eigenvalue weighted by Gasteiger charge is -2.12. The molecule has 4 rings (SSSR count). The SMILES string of the molecule is Cc1cc(Oc2cc(NC(=O)c3ccnn3COc3ccccc3Cl)cc([N+](=O)[O-])c2)ccc1Cl. The van der Waals surface area contributed by atoms with Crippen LogP contribution in [0, 0.1) is 17.0 Å². The molecule has 9 nitrogen and oxygen atoms in total. The van der Waals surface area contributed by atoms with E-state index in [0.29, 0.717) is 21.5 Å². The first-order valence-electron chi connectivity index (χ1n) is 10.2. The quantitative estimate of drug-likeness (QED) is 0.213. The maximum Gasteiger partial charge on any atom is 0.275 e.